The number of fused-ring (bicyclic) bond motifs is 1. The van der Waals surface area contributed by atoms with Crippen LogP contribution in [0.1, 0.15) is 24.5 Å². The van der Waals surface area contributed by atoms with Crippen molar-refractivity contribution >= 4 is 10.9 Å². The zero-order valence-corrected chi connectivity index (χ0v) is 9.38. The smallest absolute Gasteiger partial charge is 0.0486 e. The Morgan fingerprint density at radius 1 is 1.40 bits per heavy atom. The van der Waals surface area contributed by atoms with Gasteiger partial charge in [-0.05, 0) is 30.9 Å². The average molecular weight is 202 g/mol. The fourth-order valence-corrected chi connectivity index (χ4v) is 1.96. The van der Waals surface area contributed by atoms with Gasteiger partial charge in [-0.2, -0.15) is 0 Å². The first kappa shape index (κ1) is 10.2. The zero-order chi connectivity index (χ0) is 10.8. The molecule has 2 nitrogen and oxygen atoms in total. The number of benzene rings is 1. The van der Waals surface area contributed by atoms with Gasteiger partial charge in [-0.3, -0.25) is 0 Å². The van der Waals surface area contributed by atoms with Crippen LogP contribution in [-0.4, -0.2) is 11.0 Å². The minimum absolute atomic E-state index is 0.268. The number of para-hydroxylation sites is 1. The number of hydrogen-bond acceptors (Lipinski definition) is 1. The molecule has 1 aromatic carbocycles. The maximum atomic E-state index is 5.98. The van der Waals surface area contributed by atoms with Crippen molar-refractivity contribution in [3.8, 4) is 0 Å². The molecule has 2 aromatic rings. The van der Waals surface area contributed by atoms with E-state index in [2.05, 4.69) is 43.2 Å². The number of hydrogen-bond donors (Lipinski definition) is 2. The van der Waals surface area contributed by atoms with Gasteiger partial charge < -0.3 is 10.7 Å². The zero-order valence-electron chi connectivity index (χ0n) is 9.38. The second-order valence-corrected chi connectivity index (χ2v) is 4.18. The van der Waals surface area contributed by atoms with Gasteiger partial charge in [0.05, 0.1) is 0 Å². The second-order valence-electron chi connectivity index (χ2n) is 4.18. The molecule has 0 aliphatic carbocycles. The van der Waals surface area contributed by atoms with Crippen molar-refractivity contribution in [1.29, 1.82) is 0 Å². The van der Waals surface area contributed by atoms with Gasteiger partial charge in [0.25, 0.3) is 0 Å². The van der Waals surface area contributed by atoms with Crippen LogP contribution in [0.4, 0.5) is 0 Å². The first-order valence-electron chi connectivity index (χ1n) is 5.53. The minimum Gasteiger partial charge on any atom is -0.361 e. The number of nitrogens with two attached hydrogens (primary N) is 1. The van der Waals surface area contributed by atoms with Crippen LogP contribution in [0, 0.1) is 6.92 Å². The summed E-state index contributed by atoms with van der Waals surface area (Å²) >= 11 is 0. The highest BCUT2D eigenvalue weighted by atomic mass is 14.7. The van der Waals surface area contributed by atoms with E-state index in [-0.39, 0.29) is 6.04 Å². The monoisotopic (exact) mass is 202 g/mol. The molecule has 80 valence electrons. The van der Waals surface area contributed by atoms with Gasteiger partial charge in [0.2, 0.25) is 0 Å². The number of H-pyrrole nitrogens is 1. The Hall–Kier alpha value is -1.28. The Balaban J connectivity index is 2.41. The molecule has 0 fully saturated rings. The van der Waals surface area contributed by atoms with Gasteiger partial charge in [-0.1, -0.05) is 25.1 Å². The molecular weight excluding hydrogens is 184 g/mol. The summed E-state index contributed by atoms with van der Waals surface area (Å²) in [5, 5.41) is 1.32. The normalized spacial score (nSPS) is 13.3. The molecule has 0 saturated heterocycles. The van der Waals surface area contributed by atoms with Crippen LogP contribution in [0.2, 0.25) is 0 Å². The van der Waals surface area contributed by atoms with Gasteiger partial charge in [-0.25, -0.2) is 0 Å². The molecule has 0 bridgehead atoms. The van der Waals surface area contributed by atoms with E-state index in [0.29, 0.717) is 0 Å². The Bertz CT molecular complexity index is 457. The van der Waals surface area contributed by atoms with Crippen molar-refractivity contribution in [3.05, 3.63) is 35.5 Å². The Kier molecular flexibility index (Phi) is 2.78. The van der Waals surface area contributed by atoms with Gasteiger partial charge in [0.15, 0.2) is 0 Å². The lowest BCUT2D eigenvalue weighted by Crippen LogP contribution is -2.21. The molecule has 0 aliphatic heterocycles. The van der Waals surface area contributed by atoms with E-state index in [4.69, 9.17) is 5.73 Å². The van der Waals surface area contributed by atoms with E-state index in [1.165, 1.54) is 22.0 Å². The van der Waals surface area contributed by atoms with Crippen LogP contribution < -0.4 is 5.73 Å². The average Bonchev–Trinajstić information content (AvgIpc) is 2.63. The number of aromatic nitrogens is 1. The molecule has 0 aliphatic rings. The van der Waals surface area contributed by atoms with Crippen molar-refractivity contribution in [2.75, 3.05) is 0 Å². The van der Waals surface area contributed by atoms with Crippen LogP contribution in [0.15, 0.2) is 24.4 Å². The number of rotatable bonds is 3. The van der Waals surface area contributed by atoms with E-state index >= 15 is 0 Å². The molecular formula is C13H18N2. The third-order valence-corrected chi connectivity index (χ3v) is 3.02. The number of aryl methyl sites for hydroxylation is 1. The lowest BCUT2D eigenvalue weighted by Gasteiger charge is -2.07. The maximum absolute atomic E-state index is 5.98. The molecule has 2 heteroatoms. The van der Waals surface area contributed by atoms with Crippen LogP contribution in [0.25, 0.3) is 10.9 Å². The topological polar surface area (TPSA) is 41.8 Å². The highest BCUT2D eigenvalue weighted by Crippen LogP contribution is 2.22. The molecule has 0 amide bonds. The van der Waals surface area contributed by atoms with Crippen LogP contribution >= 0.6 is 0 Å². The summed E-state index contributed by atoms with van der Waals surface area (Å²) in [5.74, 6) is 0. The molecule has 15 heavy (non-hydrogen) atoms. The molecule has 0 radical (unpaired) electrons. The summed E-state index contributed by atoms with van der Waals surface area (Å²) in [4.78, 5) is 3.33. The third-order valence-electron chi connectivity index (χ3n) is 3.02. The predicted molar refractivity (Wildman–Crippen MR) is 65.0 cm³/mol. The van der Waals surface area contributed by atoms with Crippen molar-refractivity contribution in [1.82, 2.24) is 4.98 Å². The Morgan fingerprint density at radius 3 is 2.93 bits per heavy atom. The molecule has 0 spiro atoms. The molecule has 2 rings (SSSR count). The standard InChI is InChI=1S/C13H18N2/c1-3-11(14)7-10-8-15-13-9(2)5-4-6-12(10)13/h4-6,8,11,15H,3,7,14H2,1-2H3. The fourth-order valence-electron chi connectivity index (χ4n) is 1.96. The van der Waals surface area contributed by atoms with Crippen LogP contribution in [0.5, 0.6) is 0 Å². The van der Waals surface area contributed by atoms with E-state index in [0.717, 1.165) is 12.8 Å². The molecule has 1 unspecified atom stereocenters. The molecule has 0 saturated carbocycles. The van der Waals surface area contributed by atoms with Crippen molar-refractivity contribution in [2.24, 2.45) is 5.73 Å². The summed E-state index contributed by atoms with van der Waals surface area (Å²) in [6, 6.07) is 6.66. The van der Waals surface area contributed by atoms with E-state index in [9.17, 15) is 0 Å². The largest absolute Gasteiger partial charge is 0.361 e. The second kappa shape index (κ2) is 4.07. The predicted octanol–water partition coefficient (Wildman–Crippen LogP) is 2.76. The Labute approximate surface area is 90.5 Å². The Morgan fingerprint density at radius 2 is 2.20 bits per heavy atom. The van der Waals surface area contributed by atoms with Gasteiger partial charge >= 0.3 is 0 Å². The molecule has 3 N–H and O–H groups in total. The van der Waals surface area contributed by atoms with Gasteiger partial charge in [0, 0.05) is 23.1 Å². The summed E-state index contributed by atoms with van der Waals surface area (Å²) < 4.78 is 0. The van der Waals surface area contributed by atoms with Gasteiger partial charge in [0.1, 0.15) is 0 Å². The van der Waals surface area contributed by atoms with Crippen molar-refractivity contribution in [2.45, 2.75) is 32.7 Å². The van der Waals surface area contributed by atoms with E-state index < -0.39 is 0 Å². The van der Waals surface area contributed by atoms with Crippen LogP contribution in [-0.2, 0) is 6.42 Å². The number of nitrogens with one attached hydrogen (secondary N) is 1. The summed E-state index contributed by atoms with van der Waals surface area (Å²) in [6.45, 7) is 4.26. The maximum Gasteiger partial charge on any atom is 0.0486 e. The van der Waals surface area contributed by atoms with Crippen LogP contribution in [0.3, 0.4) is 0 Å². The summed E-state index contributed by atoms with van der Waals surface area (Å²) in [6.07, 6.45) is 4.08. The quantitative estimate of drug-likeness (QED) is 0.789. The van der Waals surface area contributed by atoms with Gasteiger partial charge in [-0.15, -0.1) is 0 Å². The third kappa shape index (κ3) is 1.90. The molecule has 1 aromatic heterocycles. The first-order chi connectivity index (χ1) is 7.22. The first-order valence-corrected chi connectivity index (χ1v) is 5.53. The van der Waals surface area contributed by atoms with Crippen molar-refractivity contribution < 1.29 is 0 Å². The SMILES string of the molecule is CCC(N)Cc1c[nH]c2c(C)cccc12. The number of aromatic amines is 1. The highest BCUT2D eigenvalue weighted by molar-refractivity contribution is 5.85. The fraction of sp³-hybridized carbons (Fsp3) is 0.385. The highest BCUT2D eigenvalue weighted by Gasteiger charge is 2.07. The lowest BCUT2D eigenvalue weighted by molar-refractivity contribution is 0.648. The summed E-state index contributed by atoms with van der Waals surface area (Å²) in [5.41, 5.74) is 9.86. The molecule has 1 heterocycles. The lowest BCUT2D eigenvalue weighted by atomic mass is 10.0. The minimum atomic E-state index is 0.268. The van der Waals surface area contributed by atoms with E-state index in [1.807, 2.05) is 0 Å². The molecule has 1 atom stereocenters. The van der Waals surface area contributed by atoms with Crippen molar-refractivity contribution in [3.63, 3.8) is 0 Å². The van der Waals surface area contributed by atoms with E-state index in [1.54, 1.807) is 0 Å². The summed E-state index contributed by atoms with van der Waals surface area (Å²) in [7, 11) is 0.